The molecule has 0 aliphatic carbocycles. The van der Waals surface area contributed by atoms with E-state index >= 15 is 0 Å². The Hall–Kier alpha value is -3.21. The van der Waals surface area contributed by atoms with Crippen molar-refractivity contribution in [2.75, 3.05) is 25.6 Å². The quantitative estimate of drug-likeness (QED) is 0.414. The lowest BCUT2D eigenvalue weighted by molar-refractivity contribution is 0.0679. The highest BCUT2D eigenvalue weighted by Gasteiger charge is 2.29. The van der Waals surface area contributed by atoms with Gasteiger partial charge in [-0.2, -0.15) is 0 Å². The van der Waals surface area contributed by atoms with Crippen LogP contribution in [0.5, 0.6) is 0 Å². The smallest absolute Gasteiger partial charge is 0.289 e. The summed E-state index contributed by atoms with van der Waals surface area (Å²) in [5.41, 5.74) is 8.97. The van der Waals surface area contributed by atoms with Gasteiger partial charge < -0.3 is 15.1 Å². The highest BCUT2D eigenvalue weighted by atomic mass is 32.2. The van der Waals surface area contributed by atoms with E-state index in [9.17, 15) is 13.4 Å². The second-order valence-corrected chi connectivity index (χ2v) is 12.9. The number of nitrogens with zero attached hydrogens (tertiary/aromatic N) is 1. The third-order valence-corrected chi connectivity index (χ3v) is 7.29. The van der Waals surface area contributed by atoms with Crippen LogP contribution < -0.4 is 5.73 Å². The summed E-state index contributed by atoms with van der Waals surface area (Å²) in [7, 11) is -2.47. The van der Waals surface area contributed by atoms with Crippen molar-refractivity contribution in [3.63, 3.8) is 0 Å². The minimum Gasteiger partial charge on any atom is -0.442 e. The van der Waals surface area contributed by atoms with Gasteiger partial charge in [0, 0.05) is 31.0 Å². The van der Waals surface area contributed by atoms with Gasteiger partial charge in [0.1, 0.15) is 5.82 Å². The number of carbonyl (C=O) groups excluding carboxylic acids is 1. The standard InChI is InChI=1S/C28H31FN2O3S/c1-35(2,33)19-24-17-25(11-10-22-7-3-4-9-26(22)29)34-27(24)28(32)31-14-12-21(13-15-31)23-8-5-6-20(16-23)18-30/h3-9,16-17,21,35H,12-15,18-19,30H2,1-2H3. The van der Waals surface area contributed by atoms with E-state index in [0.717, 1.165) is 18.4 Å². The second kappa shape index (κ2) is 10.6. The van der Waals surface area contributed by atoms with Crippen LogP contribution in [0.25, 0.3) is 0 Å². The number of halogens is 1. The minimum atomic E-state index is -2.47. The van der Waals surface area contributed by atoms with Crippen molar-refractivity contribution in [2.45, 2.75) is 31.1 Å². The Bertz CT molecular complexity index is 1320. The van der Waals surface area contributed by atoms with Gasteiger partial charge in [0.25, 0.3) is 5.91 Å². The maximum absolute atomic E-state index is 13.9. The molecule has 1 aromatic heterocycles. The van der Waals surface area contributed by atoms with Gasteiger partial charge in [-0.05, 0) is 66.5 Å². The molecule has 0 unspecified atom stereocenters. The molecule has 1 amide bonds. The van der Waals surface area contributed by atoms with Crippen molar-refractivity contribution in [1.29, 1.82) is 0 Å². The molecule has 0 bridgehead atoms. The summed E-state index contributed by atoms with van der Waals surface area (Å²) in [5, 5.41) is 0. The molecule has 1 fully saturated rings. The molecule has 184 valence electrons. The molecule has 1 saturated heterocycles. The fourth-order valence-corrected chi connectivity index (χ4v) is 5.48. The van der Waals surface area contributed by atoms with Crippen LogP contribution in [0.3, 0.4) is 0 Å². The normalized spacial score (nSPS) is 14.9. The number of hydrogen-bond donors (Lipinski definition) is 2. The molecule has 0 radical (unpaired) electrons. The SMILES string of the molecule is C[SH](C)(=O)Cc1cc(C#Cc2ccccc2F)oc1C(=O)N1CCC(c2cccc(CN)c2)CC1. The van der Waals surface area contributed by atoms with Crippen LogP contribution in [0.4, 0.5) is 4.39 Å². The van der Waals surface area contributed by atoms with Crippen molar-refractivity contribution >= 4 is 15.8 Å². The van der Waals surface area contributed by atoms with Gasteiger partial charge in [0.2, 0.25) is 0 Å². The van der Waals surface area contributed by atoms with Gasteiger partial charge in [-0.15, -0.1) is 9.93 Å². The van der Waals surface area contributed by atoms with E-state index in [1.807, 2.05) is 12.1 Å². The Morgan fingerprint density at radius 1 is 1.11 bits per heavy atom. The van der Waals surface area contributed by atoms with Crippen LogP contribution in [-0.4, -0.2) is 40.6 Å². The summed E-state index contributed by atoms with van der Waals surface area (Å²) in [6.45, 7) is 1.71. The number of thiol groups is 1. The number of piperidine rings is 1. The topological polar surface area (TPSA) is 76.5 Å². The molecule has 4 rings (SSSR count). The average Bonchev–Trinajstić information content (AvgIpc) is 3.24. The zero-order valence-electron chi connectivity index (χ0n) is 20.1. The molecule has 7 heteroatoms. The van der Waals surface area contributed by atoms with Crippen LogP contribution in [0.1, 0.15) is 57.3 Å². The van der Waals surface area contributed by atoms with E-state index in [0.29, 0.717) is 31.1 Å². The summed E-state index contributed by atoms with van der Waals surface area (Å²) in [6, 6.07) is 16.2. The van der Waals surface area contributed by atoms with E-state index in [1.165, 1.54) is 11.6 Å². The predicted octanol–water partition coefficient (Wildman–Crippen LogP) is 4.07. The lowest BCUT2D eigenvalue weighted by Crippen LogP contribution is -2.38. The number of rotatable bonds is 5. The van der Waals surface area contributed by atoms with Crippen LogP contribution in [-0.2, 0) is 22.2 Å². The Kier molecular flexibility index (Phi) is 7.54. The highest BCUT2D eigenvalue weighted by molar-refractivity contribution is 8.01. The number of furan rings is 1. The molecule has 2 heterocycles. The molecule has 1 aliphatic heterocycles. The minimum absolute atomic E-state index is 0.176. The Morgan fingerprint density at radius 2 is 1.86 bits per heavy atom. The Morgan fingerprint density at radius 3 is 2.54 bits per heavy atom. The first-order valence-electron chi connectivity index (χ1n) is 11.7. The fraction of sp³-hybridized carbons (Fsp3) is 0.321. The maximum atomic E-state index is 13.9. The van der Waals surface area contributed by atoms with Crippen LogP contribution >= 0.6 is 0 Å². The van der Waals surface area contributed by atoms with Gasteiger partial charge in [-0.1, -0.05) is 42.3 Å². The molecule has 3 aromatic rings. The molecule has 5 nitrogen and oxygen atoms in total. The van der Waals surface area contributed by atoms with E-state index < -0.39 is 15.7 Å². The fourth-order valence-electron chi connectivity index (χ4n) is 4.42. The second-order valence-electron chi connectivity index (χ2n) is 9.44. The van der Waals surface area contributed by atoms with E-state index in [-0.39, 0.29) is 28.7 Å². The van der Waals surface area contributed by atoms with Crippen molar-refractivity contribution in [1.82, 2.24) is 4.90 Å². The van der Waals surface area contributed by atoms with Crippen LogP contribution in [0, 0.1) is 17.7 Å². The van der Waals surface area contributed by atoms with Crippen molar-refractivity contribution < 1.29 is 17.8 Å². The van der Waals surface area contributed by atoms with Gasteiger partial charge in [0.05, 0.1) is 5.56 Å². The molecular formula is C28H31FN2O3S. The van der Waals surface area contributed by atoms with E-state index in [2.05, 4.69) is 24.0 Å². The first-order chi connectivity index (χ1) is 16.7. The van der Waals surface area contributed by atoms with Gasteiger partial charge in [-0.25, -0.2) is 4.39 Å². The predicted molar refractivity (Wildman–Crippen MR) is 138 cm³/mol. The lowest BCUT2D eigenvalue weighted by Gasteiger charge is -2.32. The summed E-state index contributed by atoms with van der Waals surface area (Å²) >= 11 is 0. The van der Waals surface area contributed by atoms with Crippen LogP contribution in [0.15, 0.2) is 59.0 Å². The zero-order valence-corrected chi connectivity index (χ0v) is 21.0. The van der Waals surface area contributed by atoms with Crippen molar-refractivity contribution in [3.8, 4) is 11.8 Å². The molecular weight excluding hydrogens is 463 g/mol. The molecule has 2 aromatic carbocycles. The summed E-state index contributed by atoms with van der Waals surface area (Å²) in [6.07, 6.45) is 5.05. The molecule has 0 saturated carbocycles. The number of carbonyl (C=O) groups is 1. The van der Waals surface area contributed by atoms with E-state index in [4.69, 9.17) is 10.2 Å². The number of nitrogens with two attached hydrogens (primary N) is 1. The molecule has 0 atom stereocenters. The number of amides is 1. The average molecular weight is 495 g/mol. The molecule has 2 N–H and O–H groups in total. The Labute approximate surface area is 206 Å². The Balaban J connectivity index is 1.53. The maximum Gasteiger partial charge on any atom is 0.289 e. The van der Waals surface area contributed by atoms with E-state index in [1.54, 1.807) is 41.7 Å². The van der Waals surface area contributed by atoms with Gasteiger partial charge in [0.15, 0.2) is 11.5 Å². The summed E-state index contributed by atoms with van der Waals surface area (Å²) in [5.74, 6) is 5.98. The summed E-state index contributed by atoms with van der Waals surface area (Å²) in [4.78, 5) is 15.2. The third-order valence-electron chi connectivity index (χ3n) is 6.19. The molecule has 0 spiro atoms. The highest BCUT2D eigenvalue weighted by Crippen LogP contribution is 2.30. The number of benzene rings is 2. The number of likely N-dealkylation sites (tertiary alicyclic amines) is 1. The molecule has 35 heavy (non-hydrogen) atoms. The first kappa shape index (κ1) is 24.9. The third kappa shape index (κ3) is 6.27. The number of hydrogen-bond acceptors (Lipinski definition) is 4. The van der Waals surface area contributed by atoms with Crippen LogP contribution in [0.2, 0.25) is 0 Å². The summed E-state index contributed by atoms with van der Waals surface area (Å²) < 4.78 is 32.3. The zero-order chi connectivity index (χ0) is 25.0. The largest absolute Gasteiger partial charge is 0.442 e. The van der Waals surface area contributed by atoms with Crippen molar-refractivity contribution in [2.24, 2.45) is 5.73 Å². The first-order valence-corrected chi connectivity index (χ1v) is 14.5. The van der Waals surface area contributed by atoms with Gasteiger partial charge in [-0.3, -0.25) is 9.00 Å². The van der Waals surface area contributed by atoms with Gasteiger partial charge >= 0.3 is 0 Å². The van der Waals surface area contributed by atoms with Crippen molar-refractivity contribution in [3.05, 3.63) is 94.2 Å². The monoisotopic (exact) mass is 494 g/mol. The molecule has 1 aliphatic rings. The lowest BCUT2D eigenvalue weighted by atomic mass is 9.88.